The first kappa shape index (κ1) is 15.8. The number of furan rings is 1. The Morgan fingerprint density at radius 3 is 3.04 bits per heavy atom. The van der Waals surface area contributed by atoms with E-state index in [1.165, 1.54) is 12.2 Å². The summed E-state index contributed by atoms with van der Waals surface area (Å²) in [4.78, 5) is 26.8. The van der Waals surface area contributed by atoms with E-state index >= 15 is 0 Å². The van der Waals surface area contributed by atoms with E-state index in [1.807, 2.05) is 13.8 Å². The van der Waals surface area contributed by atoms with Crippen LogP contribution in [0.15, 0.2) is 46.1 Å². The number of aromatic nitrogens is 3. The number of fused-ring (bicyclic) bond motifs is 1. The van der Waals surface area contributed by atoms with Gasteiger partial charge in [0.2, 0.25) is 5.91 Å². The molecule has 0 aliphatic heterocycles. The van der Waals surface area contributed by atoms with Crippen LogP contribution < -0.4 is 10.9 Å². The molecule has 124 valence electrons. The molecule has 0 unspecified atom stereocenters. The zero-order chi connectivity index (χ0) is 17.1. The average Bonchev–Trinajstić information content (AvgIpc) is 3.19. The maximum absolute atomic E-state index is 12.2. The summed E-state index contributed by atoms with van der Waals surface area (Å²) >= 11 is 0. The molecule has 0 aliphatic rings. The number of nitrogens with one attached hydrogen (secondary N) is 2. The highest BCUT2D eigenvalue weighted by Gasteiger charge is 2.09. The van der Waals surface area contributed by atoms with E-state index in [9.17, 15) is 9.59 Å². The molecule has 24 heavy (non-hydrogen) atoms. The van der Waals surface area contributed by atoms with E-state index in [4.69, 9.17) is 4.42 Å². The molecule has 3 heterocycles. The molecule has 7 nitrogen and oxygen atoms in total. The summed E-state index contributed by atoms with van der Waals surface area (Å²) in [5.41, 5.74) is 1.70. The van der Waals surface area contributed by atoms with Crippen LogP contribution in [0.5, 0.6) is 0 Å². The maximum atomic E-state index is 12.2. The fourth-order valence-electron chi connectivity index (χ4n) is 2.35. The van der Waals surface area contributed by atoms with E-state index in [1.54, 1.807) is 35.5 Å². The molecule has 0 aromatic carbocycles. The van der Waals surface area contributed by atoms with Gasteiger partial charge in [0, 0.05) is 35.2 Å². The van der Waals surface area contributed by atoms with Gasteiger partial charge in [-0.1, -0.05) is 0 Å². The van der Waals surface area contributed by atoms with Gasteiger partial charge in [0.1, 0.15) is 5.65 Å². The minimum absolute atomic E-state index is 0.147. The van der Waals surface area contributed by atoms with Crippen LogP contribution in [0.2, 0.25) is 0 Å². The van der Waals surface area contributed by atoms with Gasteiger partial charge in [-0.05, 0) is 32.1 Å². The summed E-state index contributed by atoms with van der Waals surface area (Å²) in [5, 5.41) is 7.80. The summed E-state index contributed by atoms with van der Waals surface area (Å²) in [7, 11) is 0. The van der Waals surface area contributed by atoms with E-state index in [2.05, 4.69) is 15.4 Å². The highest BCUT2D eigenvalue weighted by Crippen LogP contribution is 2.15. The van der Waals surface area contributed by atoms with Gasteiger partial charge in [-0.15, -0.1) is 0 Å². The first-order chi connectivity index (χ1) is 11.5. The highest BCUT2D eigenvalue weighted by atomic mass is 16.3. The molecular weight excluding hydrogens is 308 g/mol. The smallest absolute Gasteiger partial charge is 0.256 e. The normalized spacial score (nSPS) is 11.6. The van der Waals surface area contributed by atoms with Gasteiger partial charge < -0.3 is 14.7 Å². The van der Waals surface area contributed by atoms with Crippen molar-refractivity contribution < 1.29 is 9.21 Å². The monoisotopic (exact) mass is 326 g/mol. The molecule has 0 radical (unpaired) electrons. The predicted octanol–water partition coefficient (Wildman–Crippen LogP) is 2.23. The fraction of sp³-hybridized carbons (Fsp3) is 0.235. The van der Waals surface area contributed by atoms with Crippen molar-refractivity contribution in [3.05, 3.63) is 58.4 Å². The fourth-order valence-corrected chi connectivity index (χ4v) is 2.35. The summed E-state index contributed by atoms with van der Waals surface area (Å²) < 4.78 is 6.68. The number of hydrogen-bond acceptors (Lipinski definition) is 4. The minimum atomic E-state index is -0.284. The van der Waals surface area contributed by atoms with E-state index < -0.39 is 0 Å². The molecular formula is C17H18N4O3. The third kappa shape index (κ3) is 3.29. The molecule has 3 rings (SSSR count). The lowest BCUT2D eigenvalue weighted by Crippen LogP contribution is -2.20. The number of carbonyl (C=O) groups is 1. The number of carbonyl (C=O) groups excluding carboxylic acids is 1. The third-order valence-electron chi connectivity index (χ3n) is 3.58. The third-order valence-corrected chi connectivity index (χ3v) is 3.58. The molecule has 0 bridgehead atoms. The SMILES string of the molecule is CC(C)n1ncc2cc(C=CC(=O)NCc3ccoc3)c(=O)[nH]c21. The second-order valence-electron chi connectivity index (χ2n) is 5.72. The van der Waals surface area contributed by atoms with Crippen molar-refractivity contribution in [2.24, 2.45) is 0 Å². The molecule has 0 spiro atoms. The highest BCUT2D eigenvalue weighted by molar-refractivity contribution is 5.92. The summed E-state index contributed by atoms with van der Waals surface area (Å²) in [6.07, 6.45) is 7.64. The van der Waals surface area contributed by atoms with Crippen LogP contribution in [-0.2, 0) is 11.3 Å². The minimum Gasteiger partial charge on any atom is -0.472 e. The van der Waals surface area contributed by atoms with Gasteiger partial charge in [0.25, 0.3) is 5.56 Å². The zero-order valence-corrected chi connectivity index (χ0v) is 13.4. The summed E-state index contributed by atoms with van der Waals surface area (Å²) in [5.74, 6) is -0.284. The Balaban J connectivity index is 1.75. The molecule has 2 N–H and O–H groups in total. The van der Waals surface area contributed by atoms with Crippen LogP contribution in [0.4, 0.5) is 0 Å². The van der Waals surface area contributed by atoms with Crippen LogP contribution >= 0.6 is 0 Å². The van der Waals surface area contributed by atoms with E-state index in [0.29, 0.717) is 17.8 Å². The predicted molar refractivity (Wildman–Crippen MR) is 90.3 cm³/mol. The van der Waals surface area contributed by atoms with Crippen molar-refractivity contribution in [3.8, 4) is 0 Å². The lowest BCUT2D eigenvalue weighted by atomic mass is 10.2. The molecule has 3 aromatic rings. The van der Waals surface area contributed by atoms with Gasteiger partial charge in [0.05, 0.1) is 18.7 Å². The Bertz CT molecular complexity index is 933. The molecule has 0 saturated heterocycles. The maximum Gasteiger partial charge on any atom is 0.256 e. The van der Waals surface area contributed by atoms with E-state index in [-0.39, 0.29) is 17.5 Å². The summed E-state index contributed by atoms with van der Waals surface area (Å²) in [6, 6.07) is 3.64. The average molecular weight is 326 g/mol. The Morgan fingerprint density at radius 1 is 1.50 bits per heavy atom. The van der Waals surface area contributed by atoms with Gasteiger partial charge in [0.15, 0.2) is 0 Å². The Morgan fingerprint density at radius 2 is 2.33 bits per heavy atom. The van der Waals surface area contributed by atoms with Gasteiger partial charge in [-0.3, -0.25) is 9.59 Å². The number of hydrogen-bond donors (Lipinski definition) is 2. The molecule has 0 saturated carbocycles. The van der Waals surface area contributed by atoms with Crippen molar-refractivity contribution in [1.29, 1.82) is 0 Å². The largest absolute Gasteiger partial charge is 0.472 e. The number of pyridine rings is 1. The van der Waals surface area contributed by atoms with Gasteiger partial charge in [-0.25, -0.2) is 4.68 Å². The van der Waals surface area contributed by atoms with Crippen LogP contribution in [0, 0.1) is 0 Å². The topological polar surface area (TPSA) is 92.9 Å². The number of nitrogens with zero attached hydrogens (tertiary/aromatic N) is 2. The first-order valence-electron chi connectivity index (χ1n) is 7.62. The Hall–Kier alpha value is -3.09. The van der Waals surface area contributed by atoms with Crippen molar-refractivity contribution >= 4 is 23.0 Å². The van der Waals surface area contributed by atoms with E-state index in [0.717, 1.165) is 10.9 Å². The van der Waals surface area contributed by atoms with Crippen LogP contribution in [0.1, 0.15) is 31.0 Å². The number of H-pyrrole nitrogens is 1. The standard InChI is InChI=1S/C17H18N4O3/c1-11(2)21-16-14(9-19-21)7-13(17(23)20-16)3-4-15(22)18-8-12-5-6-24-10-12/h3-7,9-11H,8H2,1-2H3,(H,18,22)(H,20,23). The quantitative estimate of drug-likeness (QED) is 0.703. The van der Waals surface area contributed by atoms with Crippen LogP contribution in [0.25, 0.3) is 17.1 Å². The second kappa shape index (κ2) is 6.57. The van der Waals surface area contributed by atoms with Crippen LogP contribution in [-0.4, -0.2) is 20.7 Å². The lowest BCUT2D eigenvalue weighted by Gasteiger charge is -2.06. The second-order valence-corrected chi connectivity index (χ2v) is 5.72. The molecule has 3 aromatic heterocycles. The van der Waals surface area contributed by atoms with Crippen molar-refractivity contribution in [3.63, 3.8) is 0 Å². The first-order valence-corrected chi connectivity index (χ1v) is 7.62. The molecule has 0 atom stereocenters. The molecule has 7 heteroatoms. The number of amides is 1. The molecule has 0 aliphatic carbocycles. The summed E-state index contributed by atoms with van der Waals surface area (Å²) in [6.45, 7) is 4.35. The van der Waals surface area contributed by atoms with Crippen molar-refractivity contribution in [2.45, 2.75) is 26.4 Å². The zero-order valence-electron chi connectivity index (χ0n) is 13.4. The van der Waals surface area contributed by atoms with Crippen LogP contribution in [0.3, 0.4) is 0 Å². The number of aromatic amines is 1. The Kier molecular flexibility index (Phi) is 4.33. The van der Waals surface area contributed by atoms with Crippen molar-refractivity contribution in [1.82, 2.24) is 20.1 Å². The lowest BCUT2D eigenvalue weighted by molar-refractivity contribution is -0.116. The number of rotatable bonds is 5. The molecule has 1 amide bonds. The van der Waals surface area contributed by atoms with Gasteiger partial charge in [-0.2, -0.15) is 5.10 Å². The Labute approximate surface area is 138 Å². The van der Waals surface area contributed by atoms with Crippen molar-refractivity contribution in [2.75, 3.05) is 0 Å². The molecule has 0 fully saturated rings. The van der Waals surface area contributed by atoms with Gasteiger partial charge >= 0.3 is 0 Å².